The minimum absolute atomic E-state index is 0.462. The summed E-state index contributed by atoms with van der Waals surface area (Å²) in [5.74, 6) is -0.462. The van der Waals surface area contributed by atoms with Gasteiger partial charge in [-0.25, -0.2) is 4.79 Å². The molecule has 0 saturated carbocycles. The van der Waals surface area contributed by atoms with Crippen LogP contribution in [-0.2, 0) is 15.1 Å². The van der Waals surface area contributed by atoms with Crippen LogP contribution in [0, 0.1) is 0 Å². The van der Waals surface area contributed by atoms with Crippen molar-refractivity contribution in [2.45, 2.75) is 17.4 Å². The zero-order chi connectivity index (χ0) is 10.8. The third-order valence-electron chi connectivity index (χ3n) is 2.06. The highest BCUT2D eigenvalue weighted by Gasteiger charge is 2.31. The van der Waals surface area contributed by atoms with Gasteiger partial charge in [-0.15, -0.1) is 12.6 Å². The van der Waals surface area contributed by atoms with E-state index in [0.29, 0.717) is 5.56 Å². The van der Waals surface area contributed by atoms with Crippen LogP contribution in [0.4, 0.5) is 0 Å². The molecule has 0 aliphatic heterocycles. The lowest BCUT2D eigenvalue weighted by atomic mass is 9.93. The molecule has 0 radical (unpaired) electrons. The molecular formula is C10H13NO2S. The van der Waals surface area contributed by atoms with Gasteiger partial charge in [0.05, 0.1) is 7.11 Å². The highest BCUT2D eigenvalue weighted by atomic mass is 32.1. The van der Waals surface area contributed by atoms with Gasteiger partial charge in [-0.2, -0.15) is 0 Å². The number of carbonyl (C=O) groups is 1. The number of thiol groups is 1. The number of methoxy groups -OCH3 is 1. The van der Waals surface area contributed by atoms with E-state index in [-0.39, 0.29) is 0 Å². The zero-order valence-electron chi connectivity index (χ0n) is 8.15. The van der Waals surface area contributed by atoms with E-state index in [1.54, 1.807) is 25.1 Å². The summed E-state index contributed by atoms with van der Waals surface area (Å²) in [6.45, 7) is 1.61. The van der Waals surface area contributed by atoms with Crippen molar-refractivity contribution in [2.75, 3.05) is 7.11 Å². The lowest BCUT2D eigenvalue weighted by Crippen LogP contribution is -2.42. The van der Waals surface area contributed by atoms with Crippen LogP contribution in [0.25, 0.3) is 0 Å². The average molecular weight is 211 g/mol. The second-order valence-electron chi connectivity index (χ2n) is 3.24. The van der Waals surface area contributed by atoms with Crippen molar-refractivity contribution in [2.24, 2.45) is 5.73 Å². The van der Waals surface area contributed by atoms with E-state index in [2.05, 4.69) is 17.4 Å². The van der Waals surface area contributed by atoms with Crippen molar-refractivity contribution in [3.05, 3.63) is 29.8 Å². The highest BCUT2D eigenvalue weighted by Crippen LogP contribution is 2.21. The lowest BCUT2D eigenvalue weighted by Gasteiger charge is -2.21. The molecule has 1 aromatic rings. The maximum atomic E-state index is 11.4. The minimum Gasteiger partial charge on any atom is -0.467 e. The molecule has 0 amide bonds. The van der Waals surface area contributed by atoms with Crippen molar-refractivity contribution < 1.29 is 9.53 Å². The predicted molar refractivity (Wildman–Crippen MR) is 57.2 cm³/mol. The summed E-state index contributed by atoms with van der Waals surface area (Å²) in [5.41, 5.74) is 5.43. The number of nitrogens with two attached hydrogens (primary N) is 1. The lowest BCUT2D eigenvalue weighted by molar-refractivity contribution is -0.146. The van der Waals surface area contributed by atoms with E-state index in [9.17, 15) is 4.79 Å². The van der Waals surface area contributed by atoms with Gasteiger partial charge in [0, 0.05) is 4.90 Å². The highest BCUT2D eigenvalue weighted by molar-refractivity contribution is 7.80. The third kappa shape index (κ3) is 2.08. The molecule has 1 aromatic carbocycles. The molecule has 1 rings (SSSR count). The van der Waals surface area contributed by atoms with Crippen LogP contribution in [0.3, 0.4) is 0 Å². The largest absolute Gasteiger partial charge is 0.467 e. The molecule has 0 aliphatic rings. The molecule has 0 aromatic heterocycles. The van der Waals surface area contributed by atoms with Crippen LogP contribution in [0.2, 0.25) is 0 Å². The van der Waals surface area contributed by atoms with Gasteiger partial charge < -0.3 is 10.5 Å². The molecular weight excluding hydrogens is 198 g/mol. The predicted octanol–water partition coefficient (Wildman–Crippen LogP) is 1.32. The fourth-order valence-electron chi connectivity index (χ4n) is 1.16. The van der Waals surface area contributed by atoms with Crippen molar-refractivity contribution in [1.82, 2.24) is 0 Å². The number of hydrogen-bond donors (Lipinski definition) is 2. The quantitative estimate of drug-likeness (QED) is 0.573. The summed E-state index contributed by atoms with van der Waals surface area (Å²) >= 11 is 4.18. The molecule has 14 heavy (non-hydrogen) atoms. The summed E-state index contributed by atoms with van der Waals surface area (Å²) in [6.07, 6.45) is 0. The monoisotopic (exact) mass is 211 g/mol. The summed E-state index contributed by atoms with van der Waals surface area (Å²) in [5, 5.41) is 0. The molecule has 2 N–H and O–H groups in total. The minimum atomic E-state index is -1.12. The molecule has 0 heterocycles. The van der Waals surface area contributed by atoms with Crippen molar-refractivity contribution in [3.8, 4) is 0 Å². The van der Waals surface area contributed by atoms with E-state index in [1.807, 2.05) is 6.07 Å². The second kappa shape index (κ2) is 4.02. The summed E-state index contributed by atoms with van der Waals surface area (Å²) in [4.78, 5) is 12.1. The average Bonchev–Trinajstić information content (AvgIpc) is 2.16. The second-order valence-corrected chi connectivity index (χ2v) is 3.76. The molecule has 76 valence electrons. The van der Waals surface area contributed by atoms with Gasteiger partial charge in [0.1, 0.15) is 5.54 Å². The maximum absolute atomic E-state index is 11.4. The van der Waals surface area contributed by atoms with E-state index >= 15 is 0 Å². The molecule has 0 bridgehead atoms. The number of benzene rings is 1. The molecule has 4 heteroatoms. The number of carbonyl (C=O) groups excluding carboxylic acids is 1. The Morgan fingerprint density at radius 3 is 2.71 bits per heavy atom. The van der Waals surface area contributed by atoms with Crippen LogP contribution in [-0.4, -0.2) is 13.1 Å². The van der Waals surface area contributed by atoms with Crippen molar-refractivity contribution >= 4 is 18.6 Å². The van der Waals surface area contributed by atoms with Gasteiger partial charge in [0.15, 0.2) is 0 Å². The van der Waals surface area contributed by atoms with Crippen LogP contribution in [0.15, 0.2) is 29.2 Å². The SMILES string of the molecule is COC(=O)[C@](C)(N)c1cccc(S)c1. The summed E-state index contributed by atoms with van der Waals surface area (Å²) in [7, 11) is 1.32. The third-order valence-corrected chi connectivity index (χ3v) is 2.33. The molecule has 0 saturated heterocycles. The Kier molecular flexibility index (Phi) is 3.18. The molecule has 0 unspecified atom stereocenters. The summed E-state index contributed by atoms with van der Waals surface area (Å²) < 4.78 is 4.62. The van der Waals surface area contributed by atoms with Crippen molar-refractivity contribution in [1.29, 1.82) is 0 Å². The van der Waals surface area contributed by atoms with E-state index in [0.717, 1.165) is 4.90 Å². The maximum Gasteiger partial charge on any atom is 0.330 e. The first-order valence-electron chi connectivity index (χ1n) is 4.15. The van der Waals surface area contributed by atoms with Gasteiger partial charge in [-0.05, 0) is 24.6 Å². The number of hydrogen-bond acceptors (Lipinski definition) is 4. The van der Waals surface area contributed by atoms with Gasteiger partial charge in [-0.3, -0.25) is 0 Å². The van der Waals surface area contributed by atoms with Gasteiger partial charge in [0.2, 0.25) is 0 Å². The Hall–Kier alpha value is -1.00. The first-order chi connectivity index (χ1) is 6.48. The first-order valence-corrected chi connectivity index (χ1v) is 4.60. The Morgan fingerprint density at radius 1 is 1.57 bits per heavy atom. The van der Waals surface area contributed by atoms with E-state index in [4.69, 9.17) is 5.73 Å². The Balaban J connectivity index is 3.09. The van der Waals surface area contributed by atoms with Crippen LogP contribution >= 0.6 is 12.6 Å². The van der Waals surface area contributed by atoms with Gasteiger partial charge >= 0.3 is 5.97 Å². The van der Waals surface area contributed by atoms with E-state index < -0.39 is 11.5 Å². The van der Waals surface area contributed by atoms with Gasteiger partial charge in [0.25, 0.3) is 0 Å². The molecule has 3 nitrogen and oxygen atoms in total. The summed E-state index contributed by atoms with van der Waals surface area (Å²) in [6, 6.07) is 7.14. The Morgan fingerprint density at radius 2 is 2.21 bits per heavy atom. The molecule has 0 spiro atoms. The normalized spacial score (nSPS) is 14.6. The van der Waals surface area contributed by atoms with Gasteiger partial charge in [-0.1, -0.05) is 12.1 Å². The Labute approximate surface area is 88.7 Å². The zero-order valence-corrected chi connectivity index (χ0v) is 9.04. The molecule has 0 fully saturated rings. The number of rotatable bonds is 2. The van der Waals surface area contributed by atoms with Crippen LogP contribution in [0.1, 0.15) is 12.5 Å². The fourth-order valence-corrected chi connectivity index (χ4v) is 1.38. The topological polar surface area (TPSA) is 52.3 Å². The number of esters is 1. The smallest absolute Gasteiger partial charge is 0.330 e. The van der Waals surface area contributed by atoms with Crippen LogP contribution < -0.4 is 5.73 Å². The van der Waals surface area contributed by atoms with Crippen molar-refractivity contribution in [3.63, 3.8) is 0 Å². The molecule has 1 atom stereocenters. The van der Waals surface area contributed by atoms with Crippen LogP contribution in [0.5, 0.6) is 0 Å². The first kappa shape index (κ1) is 11.1. The van der Waals surface area contributed by atoms with E-state index in [1.165, 1.54) is 7.11 Å². The Bertz CT molecular complexity index is 350. The molecule has 0 aliphatic carbocycles. The standard InChI is InChI=1S/C10H13NO2S/c1-10(11,9(12)13-2)7-4-3-5-8(14)6-7/h3-6,14H,11H2,1-2H3/t10-/m1/s1. The fraction of sp³-hybridized carbons (Fsp3) is 0.300. The number of ether oxygens (including phenoxy) is 1.